The van der Waals surface area contributed by atoms with Crippen LogP contribution in [-0.2, 0) is 11.3 Å². The molecule has 0 heterocycles. The number of ether oxygens (including phenoxy) is 2. The Labute approximate surface area is 222 Å². The average molecular weight is 551 g/mol. The highest BCUT2D eigenvalue weighted by atomic mass is 19.2. The third-order valence-corrected chi connectivity index (χ3v) is 6.84. The molecule has 0 aromatic heterocycles. The normalized spacial score (nSPS) is 16.2. The molecule has 4 rings (SSSR count). The van der Waals surface area contributed by atoms with E-state index >= 15 is 0 Å². The van der Waals surface area contributed by atoms with Crippen molar-refractivity contribution in [2.45, 2.75) is 58.3 Å². The first-order chi connectivity index (χ1) is 18.7. The molecule has 1 N–H and O–H groups in total. The van der Waals surface area contributed by atoms with Crippen LogP contribution < -0.4 is 4.74 Å². The van der Waals surface area contributed by atoms with Gasteiger partial charge in [0.15, 0.2) is 34.8 Å². The van der Waals surface area contributed by atoms with Crippen LogP contribution in [0, 0.1) is 34.9 Å². The Morgan fingerprint density at radius 3 is 2.08 bits per heavy atom. The molecule has 0 bridgehead atoms. The highest BCUT2D eigenvalue weighted by molar-refractivity contribution is 5.68. The van der Waals surface area contributed by atoms with Gasteiger partial charge >= 0.3 is 0 Å². The number of halogens is 6. The fourth-order valence-corrected chi connectivity index (χ4v) is 4.62. The third-order valence-electron chi connectivity index (χ3n) is 6.84. The molecule has 1 aliphatic carbocycles. The molecule has 2 atom stereocenters. The molecule has 0 fully saturated rings. The van der Waals surface area contributed by atoms with Crippen LogP contribution in [0.3, 0.4) is 0 Å². The van der Waals surface area contributed by atoms with E-state index in [0.29, 0.717) is 24.8 Å². The average Bonchev–Trinajstić information content (AvgIpc) is 2.94. The van der Waals surface area contributed by atoms with E-state index < -0.39 is 52.1 Å². The van der Waals surface area contributed by atoms with Gasteiger partial charge in [0.1, 0.15) is 0 Å². The SMILES string of the molecule is CCOc1ccc(-c2ccc(COC3CC=C(c4ccc(C(O)CC)c(F)c4F)CC3)c(F)c2F)c(F)c1F. The summed E-state index contributed by atoms with van der Waals surface area (Å²) in [5.41, 5.74) is -0.365. The van der Waals surface area contributed by atoms with Gasteiger partial charge in [-0.3, -0.25) is 0 Å². The first-order valence-corrected chi connectivity index (χ1v) is 12.7. The molecule has 2 unspecified atom stereocenters. The Balaban J connectivity index is 1.44. The molecule has 3 aromatic carbocycles. The summed E-state index contributed by atoms with van der Waals surface area (Å²) in [6.07, 6.45) is 1.65. The lowest BCUT2D eigenvalue weighted by molar-refractivity contribution is 0.0342. The van der Waals surface area contributed by atoms with Gasteiger partial charge < -0.3 is 14.6 Å². The number of hydrogen-bond acceptors (Lipinski definition) is 3. The summed E-state index contributed by atoms with van der Waals surface area (Å²) in [4.78, 5) is 0. The maximum atomic E-state index is 14.8. The predicted octanol–water partition coefficient (Wildman–Crippen LogP) is 8.18. The van der Waals surface area contributed by atoms with Crippen LogP contribution in [0.4, 0.5) is 26.3 Å². The van der Waals surface area contributed by atoms with Gasteiger partial charge in [-0.05, 0) is 50.3 Å². The molecular weight excluding hydrogens is 522 g/mol. The highest BCUT2D eigenvalue weighted by Crippen LogP contribution is 2.35. The molecule has 3 nitrogen and oxygen atoms in total. The maximum Gasteiger partial charge on any atom is 0.201 e. The second-order valence-corrected chi connectivity index (χ2v) is 9.26. The number of aliphatic hydroxyl groups is 1. The van der Waals surface area contributed by atoms with E-state index in [1.54, 1.807) is 19.9 Å². The quantitative estimate of drug-likeness (QED) is 0.273. The molecule has 39 heavy (non-hydrogen) atoms. The Kier molecular flexibility index (Phi) is 9.02. The number of benzene rings is 3. The minimum absolute atomic E-state index is 0.0907. The molecule has 1 aliphatic rings. The third kappa shape index (κ3) is 5.84. The van der Waals surface area contributed by atoms with Crippen molar-refractivity contribution < 1.29 is 40.9 Å². The lowest BCUT2D eigenvalue weighted by atomic mass is 9.90. The van der Waals surface area contributed by atoms with Crippen LogP contribution in [0.25, 0.3) is 16.7 Å². The maximum absolute atomic E-state index is 14.8. The molecule has 9 heteroatoms. The van der Waals surface area contributed by atoms with Crippen LogP contribution in [-0.4, -0.2) is 17.8 Å². The molecule has 0 saturated heterocycles. The van der Waals surface area contributed by atoms with E-state index in [2.05, 4.69) is 0 Å². The number of aliphatic hydroxyl groups excluding tert-OH is 1. The van der Waals surface area contributed by atoms with Crippen molar-refractivity contribution in [1.82, 2.24) is 0 Å². The van der Waals surface area contributed by atoms with Crippen LogP contribution >= 0.6 is 0 Å². The molecule has 0 amide bonds. The minimum atomic E-state index is -1.35. The number of hydrogen-bond donors (Lipinski definition) is 1. The van der Waals surface area contributed by atoms with Crippen molar-refractivity contribution in [2.75, 3.05) is 6.61 Å². The van der Waals surface area contributed by atoms with E-state index in [0.717, 1.165) is 18.2 Å². The smallest absolute Gasteiger partial charge is 0.201 e. The fraction of sp³-hybridized carbons (Fsp3) is 0.333. The topological polar surface area (TPSA) is 38.7 Å². The number of rotatable bonds is 9. The van der Waals surface area contributed by atoms with E-state index in [-0.39, 0.29) is 48.2 Å². The van der Waals surface area contributed by atoms with Gasteiger partial charge in [-0.25, -0.2) is 22.0 Å². The van der Waals surface area contributed by atoms with Crippen molar-refractivity contribution in [3.8, 4) is 16.9 Å². The molecule has 0 radical (unpaired) electrons. The lowest BCUT2D eigenvalue weighted by Gasteiger charge is -2.23. The van der Waals surface area contributed by atoms with Crippen molar-refractivity contribution >= 4 is 5.57 Å². The highest BCUT2D eigenvalue weighted by Gasteiger charge is 2.24. The Hall–Kier alpha value is -3.30. The summed E-state index contributed by atoms with van der Waals surface area (Å²) < 4.78 is 98.2. The molecular formula is C30H28F6O3. The largest absolute Gasteiger partial charge is 0.491 e. The van der Waals surface area contributed by atoms with Crippen LogP contribution in [0.15, 0.2) is 42.5 Å². The van der Waals surface area contributed by atoms with E-state index in [9.17, 15) is 31.4 Å². The second-order valence-electron chi connectivity index (χ2n) is 9.26. The van der Waals surface area contributed by atoms with E-state index in [4.69, 9.17) is 9.47 Å². The summed E-state index contributed by atoms with van der Waals surface area (Å²) in [5, 5.41) is 9.86. The molecule has 3 aromatic rings. The second kappa shape index (κ2) is 12.3. The summed E-state index contributed by atoms with van der Waals surface area (Å²) in [6.45, 7) is 3.10. The van der Waals surface area contributed by atoms with Gasteiger partial charge in [0, 0.05) is 27.8 Å². The Morgan fingerprint density at radius 2 is 1.44 bits per heavy atom. The summed E-state index contributed by atoms with van der Waals surface area (Å²) in [6, 6.07) is 7.50. The Bertz CT molecular complexity index is 1390. The molecule has 0 spiro atoms. The molecule has 0 aliphatic heterocycles. The van der Waals surface area contributed by atoms with Crippen LogP contribution in [0.1, 0.15) is 62.3 Å². The van der Waals surface area contributed by atoms with Gasteiger partial charge in [-0.15, -0.1) is 0 Å². The fourth-order valence-electron chi connectivity index (χ4n) is 4.62. The van der Waals surface area contributed by atoms with Gasteiger partial charge in [0.2, 0.25) is 5.82 Å². The van der Waals surface area contributed by atoms with Gasteiger partial charge in [-0.2, -0.15) is 4.39 Å². The standard InChI is InChI=1S/C30H28F6O3/c1-3-23(37)22-12-11-19(26(32)29(22)35)16-5-8-18(9-6-16)39-15-17-7-10-20(27(33)25(17)31)21-13-14-24(38-4-2)30(36)28(21)34/h5,7,10-14,18,23,37H,3-4,6,8-9,15H2,1-2H3. The van der Waals surface area contributed by atoms with E-state index in [1.165, 1.54) is 18.2 Å². The van der Waals surface area contributed by atoms with Crippen molar-refractivity contribution in [2.24, 2.45) is 0 Å². The predicted molar refractivity (Wildman–Crippen MR) is 135 cm³/mol. The van der Waals surface area contributed by atoms with Crippen LogP contribution in [0.2, 0.25) is 0 Å². The summed E-state index contributed by atoms with van der Waals surface area (Å²) >= 11 is 0. The van der Waals surface area contributed by atoms with Crippen molar-refractivity contribution in [3.05, 3.63) is 94.1 Å². The van der Waals surface area contributed by atoms with Crippen molar-refractivity contribution in [3.63, 3.8) is 0 Å². The van der Waals surface area contributed by atoms with Gasteiger partial charge in [0.05, 0.1) is 25.4 Å². The zero-order valence-corrected chi connectivity index (χ0v) is 21.5. The van der Waals surface area contributed by atoms with Crippen LogP contribution in [0.5, 0.6) is 5.75 Å². The monoisotopic (exact) mass is 550 g/mol. The van der Waals surface area contributed by atoms with Gasteiger partial charge in [-0.1, -0.05) is 37.3 Å². The zero-order chi connectivity index (χ0) is 28.3. The minimum Gasteiger partial charge on any atom is -0.491 e. The number of allylic oxidation sites excluding steroid dienone is 1. The van der Waals surface area contributed by atoms with Gasteiger partial charge in [0.25, 0.3) is 0 Å². The first-order valence-electron chi connectivity index (χ1n) is 12.7. The first kappa shape index (κ1) is 28.7. The summed E-state index contributed by atoms with van der Waals surface area (Å²) in [7, 11) is 0. The van der Waals surface area contributed by atoms with Crippen molar-refractivity contribution in [1.29, 1.82) is 0 Å². The lowest BCUT2D eigenvalue weighted by Crippen LogP contribution is -2.17. The Morgan fingerprint density at radius 1 is 0.795 bits per heavy atom. The molecule has 208 valence electrons. The summed E-state index contributed by atoms with van der Waals surface area (Å²) in [5.74, 6) is -7.63. The molecule has 0 saturated carbocycles. The van der Waals surface area contributed by atoms with E-state index in [1.807, 2.05) is 0 Å². The zero-order valence-electron chi connectivity index (χ0n) is 21.5.